The molecular weight excluding hydrogens is 392 g/mol. The second kappa shape index (κ2) is 9.87. The molecule has 3 heterocycles. The Morgan fingerprint density at radius 2 is 1.90 bits per heavy atom. The summed E-state index contributed by atoms with van der Waals surface area (Å²) in [5.41, 5.74) is 2.45. The van der Waals surface area contributed by atoms with E-state index in [2.05, 4.69) is 32.4 Å². The van der Waals surface area contributed by atoms with Gasteiger partial charge in [-0.05, 0) is 58.3 Å². The molecule has 3 aromatic rings. The maximum atomic E-state index is 12.5. The van der Waals surface area contributed by atoms with Gasteiger partial charge >= 0.3 is 11.8 Å². The molecule has 31 heavy (non-hydrogen) atoms. The molecule has 1 amide bonds. The van der Waals surface area contributed by atoms with Gasteiger partial charge in [-0.3, -0.25) is 4.79 Å². The second-order valence-corrected chi connectivity index (χ2v) is 8.18. The van der Waals surface area contributed by atoms with Crippen molar-refractivity contribution in [2.24, 2.45) is 0 Å². The first-order valence-electron chi connectivity index (χ1n) is 11.1. The molecule has 0 saturated carbocycles. The Kier molecular flexibility index (Phi) is 6.76. The Balaban J connectivity index is 1.34. The molecule has 0 spiro atoms. The van der Waals surface area contributed by atoms with Crippen LogP contribution < -0.4 is 5.32 Å². The van der Waals surface area contributed by atoms with Gasteiger partial charge in [-0.1, -0.05) is 36.2 Å². The van der Waals surface area contributed by atoms with Crippen LogP contribution in [0.4, 0.5) is 0 Å². The predicted octanol–water partition coefficient (Wildman–Crippen LogP) is 3.62. The lowest BCUT2D eigenvalue weighted by atomic mass is 10.2. The van der Waals surface area contributed by atoms with Crippen LogP contribution in [-0.2, 0) is 0 Å². The van der Waals surface area contributed by atoms with Crippen LogP contribution in [-0.4, -0.2) is 56.4 Å². The Labute approximate surface area is 182 Å². The van der Waals surface area contributed by atoms with Crippen LogP contribution in [0.15, 0.2) is 41.1 Å². The lowest BCUT2D eigenvalue weighted by Crippen LogP contribution is -2.37. The third kappa shape index (κ3) is 5.19. The van der Waals surface area contributed by atoms with E-state index in [1.54, 1.807) is 4.68 Å². The third-order valence-electron chi connectivity index (χ3n) is 5.89. The van der Waals surface area contributed by atoms with E-state index in [4.69, 9.17) is 4.52 Å². The minimum atomic E-state index is -0.338. The van der Waals surface area contributed by atoms with Gasteiger partial charge in [-0.2, -0.15) is 10.1 Å². The number of benzene rings is 1. The third-order valence-corrected chi connectivity index (χ3v) is 5.89. The smallest absolute Gasteiger partial charge is 0.316 e. The van der Waals surface area contributed by atoms with E-state index < -0.39 is 0 Å². The Morgan fingerprint density at radius 3 is 2.65 bits per heavy atom. The SMILES string of the molecule is Cc1nn(-c2ccccc2)cc1-c1noc(C(=O)NCC[C@@H](C)N2CCCCCC2)n1. The molecule has 1 N–H and O–H groups in total. The van der Waals surface area contributed by atoms with Crippen molar-refractivity contribution in [3.05, 3.63) is 48.1 Å². The van der Waals surface area contributed by atoms with Crippen molar-refractivity contribution in [1.82, 2.24) is 30.1 Å². The maximum Gasteiger partial charge on any atom is 0.316 e. The van der Waals surface area contributed by atoms with Crippen LogP contribution in [0.25, 0.3) is 17.1 Å². The van der Waals surface area contributed by atoms with Crippen molar-refractivity contribution in [3.63, 3.8) is 0 Å². The van der Waals surface area contributed by atoms with E-state index in [-0.39, 0.29) is 11.8 Å². The number of nitrogens with zero attached hydrogens (tertiary/aromatic N) is 5. The first-order valence-corrected chi connectivity index (χ1v) is 11.1. The molecule has 164 valence electrons. The summed E-state index contributed by atoms with van der Waals surface area (Å²) in [4.78, 5) is 19.3. The number of likely N-dealkylation sites (tertiary alicyclic amines) is 1. The summed E-state index contributed by atoms with van der Waals surface area (Å²) in [6.45, 7) is 7.00. The molecule has 0 unspecified atom stereocenters. The average Bonchev–Trinajstić information content (AvgIpc) is 3.32. The molecule has 4 rings (SSSR count). The number of aromatic nitrogens is 4. The van der Waals surface area contributed by atoms with E-state index in [0.717, 1.165) is 36.5 Å². The van der Waals surface area contributed by atoms with Gasteiger partial charge in [-0.15, -0.1) is 0 Å². The average molecular weight is 423 g/mol. The Morgan fingerprint density at radius 1 is 1.16 bits per heavy atom. The van der Waals surface area contributed by atoms with Gasteiger partial charge in [-0.25, -0.2) is 4.68 Å². The number of aryl methyl sites for hydroxylation is 1. The van der Waals surface area contributed by atoms with Crippen molar-refractivity contribution in [3.8, 4) is 17.1 Å². The predicted molar refractivity (Wildman–Crippen MR) is 118 cm³/mol. The minimum Gasteiger partial charge on any atom is -0.348 e. The van der Waals surface area contributed by atoms with Crippen LogP contribution in [0.2, 0.25) is 0 Å². The molecule has 0 radical (unpaired) electrons. The van der Waals surface area contributed by atoms with Gasteiger partial charge in [0.2, 0.25) is 5.82 Å². The molecule has 8 nitrogen and oxygen atoms in total. The Bertz CT molecular complexity index is 989. The number of carbonyl (C=O) groups excluding carboxylic acids is 1. The monoisotopic (exact) mass is 422 g/mol. The van der Waals surface area contributed by atoms with Crippen molar-refractivity contribution < 1.29 is 9.32 Å². The molecule has 1 aliphatic rings. The first-order chi connectivity index (χ1) is 15.1. The molecule has 8 heteroatoms. The summed E-state index contributed by atoms with van der Waals surface area (Å²) in [6.07, 6.45) is 7.92. The number of nitrogens with one attached hydrogen (secondary N) is 1. The molecule has 1 aliphatic heterocycles. The number of para-hydroxylation sites is 1. The van der Waals surface area contributed by atoms with Gasteiger partial charge in [0.1, 0.15) is 0 Å². The standard InChI is InChI=1S/C23H30N6O2/c1-17(28-14-8-3-4-9-15-28)12-13-24-22(30)23-25-21(27-31-23)20-16-29(26-18(20)2)19-10-6-5-7-11-19/h5-7,10-11,16-17H,3-4,8-9,12-15H2,1-2H3,(H,24,30)/t17-/m1/s1. The quantitative estimate of drug-likeness (QED) is 0.626. The van der Waals surface area contributed by atoms with Crippen LogP contribution in [0.3, 0.4) is 0 Å². The van der Waals surface area contributed by atoms with E-state index in [0.29, 0.717) is 18.4 Å². The van der Waals surface area contributed by atoms with Crippen LogP contribution in [0.1, 0.15) is 55.4 Å². The van der Waals surface area contributed by atoms with Crippen molar-refractivity contribution in [1.29, 1.82) is 0 Å². The van der Waals surface area contributed by atoms with Gasteiger partial charge in [0.05, 0.1) is 16.9 Å². The fraction of sp³-hybridized carbons (Fsp3) is 0.478. The van der Waals surface area contributed by atoms with E-state index in [9.17, 15) is 4.79 Å². The molecular formula is C23H30N6O2. The van der Waals surface area contributed by atoms with Gasteiger partial charge in [0.15, 0.2) is 0 Å². The fourth-order valence-electron chi connectivity index (χ4n) is 4.01. The topological polar surface area (TPSA) is 89.1 Å². The number of hydrogen-bond donors (Lipinski definition) is 1. The van der Waals surface area contributed by atoms with E-state index in [1.165, 1.54) is 25.7 Å². The molecule has 1 aromatic carbocycles. The normalized spacial score (nSPS) is 16.1. The summed E-state index contributed by atoms with van der Waals surface area (Å²) in [5, 5.41) is 11.4. The second-order valence-electron chi connectivity index (χ2n) is 8.18. The van der Waals surface area contributed by atoms with Crippen molar-refractivity contribution >= 4 is 5.91 Å². The van der Waals surface area contributed by atoms with Crippen LogP contribution in [0.5, 0.6) is 0 Å². The summed E-state index contributed by atoms with van der Waals surface area (Å²) in [6, 6.07) is 10.3. The highest BCUT2D eigenvalue weighted by Crippen LogP contribution is 2.21. The largest absolute Gasteiger partial charge is 0.348 e. The highest BCUT2D eigenvalue weighted by atomic mass is 16.5. The van der Waals surface area contributed by atoms with Crippen LogP contribution >= 0.6 is 0 Å². The lowest BCUT2D eigenvalue weighted by Gasteiger charge is -2.27. The minimum absolute atomic E-state index is 0.0238. The van der Waals surface area contributed by atoms with Crippen LogP contribution in [0, 0.1) is 6.92 Å². The number of amides is 1. The Hall–Kier alpha value is -3.00. The molecule has 0 aliphatic carbocycles. The molecule has 2 aromatic heterocycles. The van der Waals surface area contributed by atoms with E-state index in [1.807, 2.05) is 43.5 Å². The summed E-state index contributed by atoms with van der Waals surface area (Å²) < 4.78 is 6.99. The lowest BCUT2D eigenvalue weighted by molar-refractivity contribution is 0.0904. The highest BCUT2D eigenvalue weighted by molar-refractivity contribution is 5.89. The molecule has 1 saturated heterocycles. The number of carbonyl (C=O) groups is 1. The molecule has 1 fully saturated rings. The zero-order valence-corrected chi connectivity index (χ0v) is 18.3. The van der Waals surface area contributed by atoms with E-state index >= 15 is 0 Å². The number of rotatable bonds is 7. The number of hydrogen-bond acceptors (Lipinski definition) is 6. The highest BCUT2D eigenvalue weighted by Gasteiger charge is 2.20. The van der Waals surface area contributed by atoms with Gasteiger partial charge in [0.25, 0.3) is 0 Å². The molecule has 1 atom stereocenters. The van der Waals surface area contributed by atoms with Crippen molar-refractivity contribution in [2.45, 2.75) is 52.0 Å². The van der Waals surface area contributed by atoms with Crippen molar-refractivity contribution in [2.75, 3.05) is 19.6 Å². The zero-order chi connectivity index (χ0) is 21.6. The summed E-state index contributed by atoms with van der Waals surface area (Å²) in [7, 11) is 0. The maximum absolute atomic E-state index is 12.5. The molecule has 0 bridgehead atoms. The van der Waals surface area contributed by atoms with Gasteiger partial charge < -0.3 is 14.7 Å². The van der Waals surface area contributed by atoms with Gasteiger partial charge in [0, 0.05) is 18.8 Å². The fourth-order valence-corrected chi connectivity index (χ4v) is 4.01. The first kappa shape index (κ1) is 21.2. The summed E-state index contributed by atoms with van der Waals surface area (Å²) >= 11 is 0. The summed E-state index contributed by atoms with van der Waals surface area (Å²) in [5.74, 6) is 0.00183. The zero-order valence-electron chi connectivity index (χ0n) is 18.3.